The summed E-state index contributed by atoms with van der Waals surface area (Å²) in [5.74, 6) is 1.04. The van der Waals surface area contributed by atoms with E-state index in [4.69, 9.17) is 15.2 Å². The number of alkyl carbamates (subject to hydrolysis) is 1. The second kappa shape index (κ2) is 6.51. The summed E-state index contributed by atoms with van der Waals surface area (Å²) < 4.78 is 10.8. The van der Waals surface area contributed by atoms with Crippen molar-refractivity contribution >= 4 is 22.8 Å². The maximum atomic E-state index is 11.5. The minimum absolute atomic E-state index is 0.312. The van der Waals surface area contributed by atoms with Crippen molar-refractivity contribution in [1.29, 1.82) is 0 Å². The second-order valence-corrected chi connectivity index (χ2v) is 5.84. The van der Waals surface area contributed by atoms with Crippen LogP contribution >= 0.6 is 0 Å². The molecule has 0 aliphatic heterocycles. The molecule has 2 aromatic rings. The van der Waals surface area contributed by atoms with Gasteiger partial charge in [0.15, 0.2) is 0 Å². The number of benzene rings is 1. The Labute approximate surface area is 129 Å². The van der Waals surface area contributed by atoms with Gasteiger partial charge in [0.2, 0.25) is 0 Å². The molecule has 0 saturated heterocycles. The average molecular weight is 303 g/mol. The van der Waals surface area contributed by atoms with Crippen LogP contribution in [0.4, 0.5) is 10.6 Å². The lowest BCUT2D eigenvalue weighted by Gasteiger charge is -2.19. The van der Waals surface area contributed by atoms with E-state index in [9.17, 15) is 4.79 Å². The highest BCUT2D eigenvalue weighted by Gasteiger charge is 2.15. The number of nitrogens with zero attached hydrogens (tertiary/aromatic N) is 1. The fourth-order valence-corrected chi connectivity index (χ4v) is 1.91. The lowest BCUT2D eigenvalue weighted by molar-refractivity contribution is 0.0520. The highest BCUT2D eigenvalue weighted by atomic mass is 16.6. The van der Waals surface area contributed by atoms with Crippen molar-refractivity contribution in [2.24, 2.45) is 0 Å². The van der Waals surface area contributed by atoms with Gasteiger partial charge in [0.05, 0.1) is 12.1 Å². The van der Waals surface area contributed by atoms with Crippen molar-refractivity contribution in [3.8, 4) is 5.75 Å². The molecule has 0 fully saturated rings. The minimum atomic E-state index is -0.513. The predicted molar refractivity (Wildman–Crippen MR) is 85.9 cm³/mol. The van der Waals surface area contributed by atoms with Crippen LogP contribution in [0, 0.1) is 0 Å². The third-order valence-electron chi connectivity index (χ3n) is 2.73. The molecular weight excluding hydrogens is 282 g/mol. The fourth-order valence-electron chi connectivity index (χ4n) is 1.91. The summed E-state index contributed by atoms with van der Waals surface area (Å²) in [4.78, 5) is 15.8. The Hall–Kier alpha value is -2.50. The first-order valence-electron chi connectivity index (χ1n) is 7.10. The summed E-state index contributed by atoms with van der Waals surface area (Å²) in [5, 5.41) is 3.52. The average Bonchev–Trinajstić information content (AvgIpc) is 2.41. The Morgan fingerprint density at radius 1 is 1.32 bits per heavy atom. The van der Waals surface area contributed by atoms with Gasteiger partial charge < -0.3 is 20.5 Å². The number of carbonyl (C=O) groups is 1. The number of hydrogen-bond acceptors (Lipinski definition) is 5. The molecule has 6 heteroatoms. The molecule has 0 radical (unpaired) electrons. The van der Waals surface area contributed by atoms with Gasteiger partial charge in [0.1, 0.15) is 23.8 Å². The summed E-state index contributed by atoms with van der Waals surface area (Å²) >= 11 is 0. The van der Waals surface area contributed by atoms with Gasteiger partial charge in [0.25, 0.3) is 0 Å². The Kier molecular flexibility index (Phi) is 4.70. The number of ether oxygens (including phenoxy) is 2. The van der Waals surface area contributed by atoms with Crippen LogP contribution in [-0.2, 0) is 4.74 Å². The van der Waals surface area contributed by atoms with Crippen molar-refractivity contribution in [3.05, 3.63) is 30.3 Å². The van der Waals surface area contributed by atoms with Gasteiger partial charge in [-0.25, -0.2) is 9.78 Å². The van der Waals surface area contributed by atoms with Crippen LogP contribution in [0.2, 0.25) is 0 Å². The second-order valence-electron chi connectivity index (χ2n) is 5.84. The van der Waals surface area contributed by atoms with E-state index in [2.05, 4.69) is 10.3 Å². The molecule has 1 aromatic heterocycles. The topological polar surface area (TPSA) is 86.5 Å². The molecule has 3 N–H and O–H groups in total. The van der Waals surface area contributed by atoms with E-state index in [1.54, 1.807) is 6.07 Å². The zero-order valence-corrected chi connectivity index (χ0v) is 13.1. The first-order chi connectivity index (χ1) is 10.3. The Balaban J connectivity index is 1.91. The lowest BCUT2D eigenvalue weighted by Crippen LogP contribution is -2.34. The number of fused-ring (bicyclic) bond motifs is 1. The Bertz CT molecular complexity index is 665. The maximum absolute atomic E-state index is 11.5. The van der Waals surface area contributed by atoms with Gasteiger partial charge in [0, 0.05) is 11.5 Å². The quantitative estimate of drug-likeness (QED) is 0.848. The van der Waals surface area contributed by atoms with Gasteiger partial charge in [-0.1, -0.05) is 12.1 Å². The van der Waals surface area contributed by atoms with Crippen molar-refractivity contribution in [2.75, 3.05) is 18.9 Å². The summed E-state index contributed by atoms with van der Waals surface area (Å²) in [5.41, 5.74) is 6.03. The minimum Gasteiger partial charge on any atom is -0.491 e. The highest BCUT2D eigenvalue weighted by molar-refractivity contribution is 5.86. The molecule has 0 aliphatic rings. The molecule has 2 rings (SSSR count). The van der Waals surface area contributed by atoms with Crippen LogP contribution in [0.15, 0.2) is 30.3 Å². The number of nitrogen functional groups attached to an aromatic ring is 1. The SMILES string of the molecule is CC(C)(C)OC(=O)NCCOc1cc(N)nc2ccccc12. The summed E-state index contributed by atoms with van der Waals surface area (Å²) in [7, 11) is 0. The normalized spacial score (nSPS) is 11.2. The number of nitrogens with two attached hydrogens (primary N) is 1. The van der Waals surface area contributed by atoms with Crippen LogP contribution in [0.3, 0.4) is 0 Å². The van der Waals surface area contributed by atoms with E-state index in [-0.39, 0.29) is 0 Å². The molecule has 0 atom stereocenters. The van der Waals surface area contributed by atoms with Crippen LogP contribution in [0.1, 0.15) is 20.8 Å². The summed E-state index contributed by atoms with van der Waals surface area (Å²) in [6, 6.07) is 9.26. The van der Waals surface area contributed by atoms with Crippen LogP contribution < -0.4 is 15.8 Å². The van der Waals surface area contributed by atoms with Crippen LogP contribution in [0.5, 0.6) is 5.75 Å². The van der Waals surface area contributed by atoms with E-state index in [1.165, 1.54) is 0 Å². The maximum Gasteiger partial charge on any atom is 0.407 e. The van der Waals surface area contributed by atoms with Crippen molar-refractivity contribution in [2.45, 2.75) is 26.4 Å². The Morgan fingerprint density at radius 3 is 2.77 bits per heavy atom. The van der Waals surface area contributed by atoms with E-state index in [0.717, 1.165) is 10.9 Å². The predicted octanol–water partition coefficient (Wildman–Crippen LogP) is 2.72. The van der Waals surface area contributed by atoms with Crippen molar-refractivity contribution < 1.29 is 14.3 Å². The molecule has 6 nitrogen and oxygen atoms in total. The molecule has 22 heavy (non-hydrogen) atoms. The Morgan fingerprint density at radius 2 is 2.05 bits per heavy atom. The van der Waals surface area contributed by atoms with Crippen LogP contribution in [-0.4, -0.2) is 29.8 Å². The molecule has 0 spiro atoms. The first-order valence-corrected chi connectivity index (χ1v) is 7.10. The number of pyridine rings is 1. The van der Waals surface area contributed by atoms with E-state index in [0.29, 0.717) is 24.7 Å². The molecular formula is C16H21N3O3. The molecule has 0 saturated carbocycles. The molecule has 0 aliphatic carbocycles. The van der Waals surface area contributed by atoms with Gasteiger partial charge in [-0.2, -0.15) is 0 Å². The third kappa shape index (κ3) is 4.51. The van der Waals surface area contributed by atoms with E-state index in [1.807, 2.05) is 45.0 Å². The summed E-state index contributed by atoms with van der Waals surface area (Å²) in [6.07, 6.45) is -0.463. The monoisotopic (exact) mass is 303 g/mol. The molecule has 1 amide bonds. The molecule has 0 unspecified atom stereocenters. The first kappa shape index (κ1) is 15.9. The van der Waals surface area contributed by atoms with Gasteiger partial charge in [-0.3, -0.25) is 0 Å². The van der Waals surface area contributed by atoms with Crippen molar-refractivity contribution in [1.82, 2.24) is 10.3 Å². The number of carbonyl (C=O) groups excluding carboxylic acids is 1. The van der Waals surface area contributed by atoms with Crippen molar-refractivity contribution in [3.63, 3.8) is 0 Å². The standard InChI is InChI=1S/C16H21N3O3/c1-16(2,3)22-15(20)18-8-9-21-13-10-14(17)19-12-7-5-4-6-11(12)13/h4-7,10H,8-9H2,1-3H3,(H2,17,19)(H,18,20). The zero-order valence-electron chi connectivity index (χ0n) is 13.1. The van der Waals surface area contributed by atoms with E-state index >= 15 is 0 Å². The third-order valence-corrected chi connectivity index (χ3v) is 2.73. The lowest BCUT2D eigenvalue weighted by atomic mass is 10.2. The number of rotatable bonds is 4. The summed E-state index contributed by atoms with van der Waals surface area (Å²) in [6.45, 7) is 6.09. The number of amides is 1. The highest BCUT2D eigenvalue weighted by Crippen LogP contribution is 2.26. The van der Waals surface area contributed by atoms with Gasteiger partial charge >= 0.3 is 6.09 Å². The smallest absolute Gasteiger partial charge is 0.407 e. The number of aromatic nitrogens is 1. The van der Waals surface area contributed by atoms with Gasteiger partial charge in [-0.05, 0) is 32.9 Å². The number of anilines is 1. The number of para-hydroxylation sites is 1. The largest absolute Gasteiger partial charge is 0.491 e. The van der Waals surface area contributed by atoms with Crippen LogP contribution in [0.25, 0.3) is 10.9 Å². The molecule has 1 aromatic carbocycles. The molecule has 0 bridgehead atoms. The molecule has 118 valence electrons. The zero-order chi connectivity index (χ0) is 16.2. The van der Waals surface area contributed by atoms with E-state index < -0.39 is 11.7 Å². The number of hydrogen-bond donors (Lipinski definition) is 2. The number of nitrogens with one attached hydrogen (secondary N) is 1. The molecule has 1 heterocycles. The van der Waals surface area contributed by atoms with Gasteiger partial charge in [-0.15, -0.1) is 0 Å². The fraction of sp³-hybridized carbons (Fsp3) is 0.375.